The monoisotopic (exact) mass is 376 g/mol. The van der Waals surface area contributed by atoms with Crippen LogP contribution in [0.15, 0.2) is 18.2 Å². The lowest BCUT2D eigenvalue weighted by molar-refractivity contribution is -0.143. The van der Waals surface area contributed by atoms with Crippen LogP contribution in [-0.4, -0.2) is 12.6 Å². The van der Waals surface area contributed by atoms with Gasteiger partial charge in [0, 0.05) is 6.42 Å². The van der Waals surface area contributed by atoms with Crippen LogP contribution < -0.4 is 0 Å². The van der Waals surface area contributed by atoms with Crippen LogP contribution in [0.2, 0.25) is 0 Å². The lowest BCUT2D eigenvalue weighted by atomic mass is 9.81. The number of esters is 1. The summed E-state index contributed by atoms with van der Waals surface area (Å²) in [5.41, 5.74) is 0.196. The van der Waals surface area contributed by atoms with Gasteiger partial charge in [-0.2, -0.15) is 13.2 Å². The van der Waals surface area contributed by atoms with E-state index < -0.39 is 17.1 Å². The van der Waals surface area contributed by atoms with Gasteiger partial charge in [-0.05, 0) is 49.3 Å². The fourth-order valence-corrected chi connectivity index (χ4v) is 3.67. The van der Waals surface area contributed by atoms with E-state index in [1.807, 2.05) is 0 Å². The number of halogens is 4. The van der Waals surface area contributed by atoms with Crippen LogP contribution in [0.1, 0.15) is 79.9 Å². The van der Waals surface area contributed by atoms with E-state index in [9.17, 15) is 18.0 Å². The molecule has 1 atom stereocenters. The van der Waals surface area contributed by atoms with E-state index >= 15 is 0 Å². The van der Waals surface area contributed by atoms with Crippen molar-refractivity contribution in [3.63, 3.8) is 0 Å². The maximum atomic E-state index is 13.5. The topological polar surface area (TPSA) is 26.3 Å². The van der Waals surface area contributed by atoms with Crippen LogP contribution in [0.25, 0.3) is 0 Å². The lowest BCUT2D eigenvalue weighted by Crippen LogP contribution is -2.15. The molecular weight excluding hydrogens is 353 g/mol. The largest absolute Gasteiger partial charge is 0.466 e. The molecule has 25 heavy (non-hydrogen) atoms. The molecule has 1 aromatic carbocycles. The second kappa shape index (κ2) is 8.93. The van der Waals surface area contributed by atoms with E-state index in [0.717, 1.165) is 38.2 Å². The first kappa shape index (κ1) is 20.1. The van der Waals surface area contributed by atoms with Crippen LogP contribution in [-0.2, 0) is 15.7 Å². The molecule has 2 nitrogen and oxygen atoms in total. The van der Waals surface area contributed by atoms with Crippen molar-refractivity contribution in [2.24, 2.45) is 0 Å². The Morgan fingerprint density at radius 2 is 1.96 bits per heavy atom. The summed E-state index contributed by atoms with van der Waals surface area (Å²) in [6.07, 6.45) is 0.580. The highest BCUT2D eigenvalue weighted by molar-refractivity contribution is 6.20. The predicted molar refractivity (Wildman–Crippen MR) is 91.7 cm³/mol. The molecule has 0 aliphatic heterocycles. The molecule has 0 saturated heterocycles. The molecule has 1 saturated carbocycles. The van der Waals surface area contributed by atoms with Crippen LogP contribution >= 0.6 is 11.6 Å². The van der Waals surface area contributed by atoms with Crippen molar-refractivity contribution >= 4 is 17.6 Å². The van der Waals surface area contributed by atoms with Gasteiger partial charge in [0.1, 0.15) is 0 Å². The second-order valence-corrected chi connectivity index (χ2v) is 7.02. The van der Waals surface area contributed by atoms with Gasteiger partial charge in [-0.1, -0.05) is 31.4 Å². The second-order valence-electron chi connectivity index (χ2n) is 6.49. The quantitative estimate of drug-likeness (QED) is 0.425. The zero-order valence-electron chi connectivity index (χ0n) is 14.4. The zero-order chi connectivity index (χ0) is 18.4. The number of hydrogen-bond acceptors (Lipinski definition) is 2. The Labute approximate surface area is 151 Å². The van der Waals surface area contributed by atoms with Crippen molar-refractivity contribution in [1.29, 1.82) is 0 Å². The Balaban J connectivity index is 2.18. The molecule has 0 aromatic heterocycles. The molecule has 0 spiro atoms. The highest BCUT2D eigenvalue weighted by Crippen LogP contribution is 2.42. The minimum absolute atomic E-state index is 0.0345. The first-order valence-corrected chi connectivity index (χ1v) is 9.27. The summed E-state index contributed by atoms with van der Waals surface area (Å²) >= 11 is 6.24. The molecule has 0 radical (unpaired) electrons. The number of carbonyl (C=O) groups is 1. The third-order valence-corrected chi connectivity index (χ3v) is 5.17. The molecule has 0 amide bonds. The van der Waals surface area contributed by atoms with Crippen LogP contribution in [0.4, 0.5) is 13.2 Å². The number of benzene rings is 1. The molecule has 1 aromatic rings. The van der Waals surface area contributed by atoms with Gasteiger partial charge in [0.2, 0.25) is 0 Å². The molecular formula is C19H24ClF3O2. The molecule has 0 bridgehead atoms. The molecule has 140 valence electrons. The Bertz CT molecular complexity index is 581. The Morgan fingerprint density at radius 3 is 2.56 bits per heavy atom. The predicted octanol–water partition coefficient (Wildman–Crippen LogP) is 6.38. The van der Waals surface area contributed by atoms with Gasteiger partial charge in [0.25, 0.3) is 0 Å². The van der Waals surface area contributed by atoms with Crippen molar-refractivity contribution in [2.45, 2.75) is 69.3 Å². The van der Waals surface area contributed by atoms with Crippen LogP contribution in [0, 0.1) is 0 Å². The average molecular weight is 377 g/mol. The first-order chi connectivity index (χ1) is 11.8. The number of alkyl halides is 4. The van der Waals surface area contributed by atoms with E-state index in [4.69, 9.17) is 16.3 Å². The maximum Gasteiger partial charge on any atom is 0.416 e. The first-order valence-electron chi connectivity index (χ1n) is 8.83. The Kier molecular flexibility index (Phi) is 7.17. The number of carbonyl (C=O) groups excluding carboxylic acids is 1. The summed E-state index contributed by atoms with van der Waals surface area (Å²) in [4.78, 5) is 11.4. The van der Waals surface area contributed by atoms with E-state index in [1.165, 1.54) is 0 Å². The van der Waals surface area contributed by atoms with Crippen molar-refractivity contribution < 1.29 is 22.7 Å². The SMILES string of the molecule is CCOC(=O)CCC(Cl)c1ccc(C2CCCCC2)c(C(F)(F)F)c1. The van der Waals surface area contributed by atoms with Gasteiger partial charge < -0.3 is 4.74 Å². The van der Waals surface area contributed by atoms with Gasteiger partial charge in [-0.15, -0.1) is 11.6 Å². The smallest absolute Gasteiger partial charge is 0.416 e. The Morgan fingerprint density at radius 1 is 1.28 bits per heavy atom. The lowest BCUT2D eigenvalue weighted by Gasteiger charge is -2.26. The highest BCUT2D eigenvalue weighted by atomic mass is 35.5. The summed E-state index contributed by atoms with van der Waals surface area (Å²) in [7, 11) is 0. The molecule has 2 rings (SSSR count). The van der Waals surface area contributed by atoms with Crippen molar-refractivity contribution in [3.8, 4) is 0 Å². The molecule has 1 fully saturated rings. The number of rotatable bonds is 6. The van der Waals surface area contributed by atoms with E-state index in [2.05, 4.69) is 0 Å². The molecule has 1 aliphatic rings. The van der Waals surface area contributed by atoms with Gasteiger partial charge in [0.05, 0.1) is 17.5 Å². The van der Waals surface area contributed by atoms with Crippen molar-refractivity contribution in [3.05, 3.63) is 34.9 Å². The third kappa shape index (κ3) is 5.63. The fourth-order valence-electron chi connectivity index (χ4n) is 3.43. The molecule has 6 heteroatoms. The fraction of sp³-hybridized carbons (Fsp3) is 0.632. The van der Waals surface area contributed by atoms with Gasteiger partial charge in [0.15, 0.2) is 0 Å². The normalized spacial score (nSPS) is 17.3. The van der Waals surface area contributed by atoms with Crippen molar-refractivity contribution in [1.82, 2.24) is 0 Å². The van der Waals surface area contributed by atoms with E-state index in [1.54, 1.807) is 19.1 Å². The van der Waals surface area contributed by atoms with Gasteiger partial charge in [-0.3, -0.25) is 4.79 Å². The molecule has 1 aliphatic carbocycles. The van der Waals surface area contributed by atoms with Gasteiger partial charge in [-0.25, -0.2) is 0 Å². The maximum absolute atomic E-state index is 13.5. The van der Waals surface area contributed by atoms with Gasteiger partial charge >= 0.3 is 12.1 Å². The standard InChI is InChI=1S/C19H24ClF3O2/c1-2-25-18(24)11-10-17(20)14-8-9-15(13-6-4-3-5-7-13)16(12-14)19(21,22)23/h8-9,12-13,17H,2-7,10-11H2,1H3. The highest BCUT2D eigenvalue weighted by Gasteiger charge is 2.36. The Hall–Kier alpha value is -1.23. The molecule has 0 N–H and O–H groups in total. The molecule has 1 unspecified atom stereocenters. The third-order valence-electron chi connectivity index (χ3n) is 4.70. The summed E-state index contributed by atoms with van der Waals surface area (Å²) < 4.78 is 45.5. The summed E-state index contributed by atoms with van der Waals surface area (Å²) in [6.45, 7) is 1.98. The zero-order valence-corrected chi connectivity index (χ0v) is 15.1. The van der Waals surface area contributed by atoms with E-state index in [-0.39, 0.29) is 31.3 Å². The van der Waals surface area contributed by atoms with Crippen LogP contribution in [0.5, 0.6) is 0 Å². The van der Waals surface area contributed by atoms with E-state index in [0.29, 0.717) is 11.1 Å². The summed E-state index contributed by atoms with van der Waals surface area (Å²) in [5.74, 6) is -0.421. The minimum atomic E-state index is -4.40. The summed E-state index contributed by atoms with van der Waals surface area (Å²) in [6, 6.07) is 4.41. The number of hydrogen-bond donors (Lipinski definition) is 0. The minimum Gasteiger partial charge on any atom is -0.466 e. The van der Waals surface area contributed by atoms with Crippen molar-refractivity contribution in [2.75, 3.05) is 6.61 Å². The average Bonchev–Trinajstić information content (AvgIpc) is 2.59. The summed E-state index contributed by atoms with van der Waals surface area (Å²) in [5, 5.41) is -0.647. The van der Waals surface area contributed by atoms with Crippen LogP contribution in [0.3, 0.4) is 0 Å². The number of ether oxygens (including phenoxy) is 1. The molecule has 0 heterocycles.